The Bertz CT molecular complexity index is 482. The predicted molar refractivity (Wildman–Crippen MR) is 64.8 cm³/mol. The topological polar surface area (TPSA) is 30.7 Å². The third kappa shape index (κ3) is 2.06. The lowest BCUT2D eigenvalue weighted by Gasteiger charge is -2.16. The fourth-order valence-electron chi connectivity index (χ4n) is 1.65. The molecule has 1 atom stereocenters. The van der Waals surface area contributed by atoms with Gasteiger partial charge in [-0.1, -0.05) is 29.8 Å². The first-order chi connectivity index (χ1) is 7.74. The number of rotatable bonds is 3. The van der Waals surface area contributed by atoms with Gasteiger partial charge in [0.05, 0.1) is 11.9 Å². The van der Waals surface area contributed by atoms with Crippen LogP contribution in [0.2, 0.25) is 5.02 Å². The Morgan fingerprint density at radius 1 is 1.38 bits per heavy atom. The Morgan fingerprint density at radius 3 is 2.81 bits per heavy atom. The van der Waals surface area contributed by atoms with E-state index in [1.165, 1.54) is 0 Å². The van der Waals surface area contributed by atoms with Crippen LogP contribution >= 0.6 is 23.2 Å². The molecule has 2 aromatic rings. The molecule has 0 spiro atoms. The van der Waals surface area contributed by atoms with E-state index in [9.17, 15) is 0 Å². The van der Waals surface area contributed by atoms with E-state index < -0.39 is 0 Å². The summed E-state index contributed by atoms with van der Waals surface area (Å²) in [5.41, 5.74) is 1.04. The van der Waals surface area contributed by atoms with Gasteiger partial charge in [0.25, 0.3) is 0 Å². The summed E-state index contributed by atoms with van der Waals surface area (Å²) in [6.45, 7) is 2.04. The molecule has 84 valence electrons. The van der Waals surface area contributed by atoms with Gasteiger partial charge < -0.3 is 4.57 Å². The van der Waals surface area contributed by atoms with Crippen molar-refractivity contribution in [3.05, 3.63) is 47.0 Å². The van der Waals surface area contributed by atoms with Gasteiger partial charge in [-0.15, -0.1) is 21.8 Å². The highest BCUT2D eigenvalue weighted by molar-refractivity contribution is 6.31. The molecule has 1 aromatic carbocycles. The minimum absolute atomic E-state index is 0.0810. The molecule has 1 unspecified atom stereocenters. The fourth-order valence-corrected chi connectivity index (χ4v) is 2.13. The first-order valence-corrected chi connectivity index (χ1v) is 5.84. The van der Waals surface area contributed by atoms with Crippen molar-refractivity contribution in [3.8, 4) is 0 Å². The van der Waals surface area contributed by atoms with Crippen LogP contribution in [0.4, 0.5) is 0 Å². The van der Waals surface area contributed by atoms with Gasteiger partial charge in [0.1, 0.15) is 12.2 Å². The van der Waals surface area contributed by atoms with Gasteiger partial charge in [0.15, 0.2) is 0 Å². The first kappa shape index (κ1) is 11.4. The second-order valence-electron chi connectivity index (χ2n) is 3.49. The minimum atomic E-state index is 0.0810. The maximum absolute atomic E-state index is 6.14. The highest BCUT2D eigenvalue weighted by Crippen LogP contribution is 2.26. The van der Waals surface area contributed by atoms with Crippen LogP contribution in [0.3, 0.4) is 0 Å². The minimum Gasteiger partial charge on any atom is -0.309 e. The molecule has 5 heteroatoms. The van der Waals surface area contributed by atoms with Crippen molar-refractivity contribution < 1.29 is 0 Å². The summed E-state index contributed by atoms with van der Waals surface area (Å²) in [6.07, 6.45) is 1.67. The highest BCUT2D eigenvalue weighted by Gasteiger charge is 2.14. The van der Waals surface area contributed by atoms with Crippen LogP contribution in [-0.4, -0.2) is 14.8 Å². The molecule has 1 heterocycles. The standard InChI is InChI=1S/C11H11Cl2N3/c1-8(9-4-2-3-5-10(9)13)16-7-14-15-11(16)6-12/h2-5,7-8H,6H2,1H3. The van der Waals surface area contributed by atoms with Crippen molar-refractivity contribution in [2.75, 3.05) is 0 Å². The van der Waals surface area contributed by atoms with Gasteiger partial charge in [-0.2, -0.15) is 0 Å². The molecule has 0 saturated heterocycles. The van der Waals surface area contributed by atoms with Crippen molar-refractivity contribution in [2.45, 2.75) is 18.8 Å². The van der Waals surface area contributed by atoms with E-state index in [0.29, 0.717) is 5.88 Å². The number of hydrogen-bond acceptors (Lipinski definition) is 2. The van der Waals surface area contributed by atoms with Crippen LogP contribution in [0.15, 0.2) is 30.6 Å². The summed E-state index contributed by atoms with van der Waals surface area (Å²) in [5, 5.41) is 8.54. The van der Waals surface area contributed by atoms with E-state index in [-0.39, 0.29) is 6.04 Å². The van der Waals surface area contributed by atoms with E-state index in [4.69, 9.17) is 23.2 Å². The van der Waals surface area contributed by atoms with Crippen LogP contribution in [-0.2, 0) is 5.88 Å². The van der Waals surface area contributed by atoms with Gasteiger partial charge in [-0.25, -0.2) is 0 Å². The van der Waals surface area contributed by atoms with E-state index in [1.54, 1.807) is 6.33 Å². The summed E-state index contributed by atoms with van der Waals surface area (Å²) in [5.74, 6) is 1.09. The fraction of sp³-hybridized carbons (Fsp3) is 0.273. The number of halogens is 2. The van der Waals surface area contributed by atoms with Crippen LogP contribution in [0.25, 0.3) is 0 Å². The SMILES string of the molecule is CC(c1ccccc1Cl)n1cnnc1CCl. The van der Waals surface area contributed by atoms with Crippen LogP contribution in [0.5, 0.6) is 0 Å². The molecule has 3 nitrogen and oxygen atoms in total. The van der Waals surface area contributed by atoms with Gasteiger partial charge in [0.2, 0.25) is 0 Å². The van der Waals surface area contributed by atoms with Gasteiger partial charge in [0, 0.05) is 5.02 Å². The molecule has 0 aliphatic rings. The molecule has 0 saturated carbocycles. The highest BCUT2D eigenvalue weighted by atomic mass is 35.5. The van der Waals surface area contributed by atoms with E-state index in [1.807, 2.05) is 35.8 Å². The Labute approximate surface area is 104 Å². The zero-order valence-corrected chi connectivity index (χ0v) is 10.3. The molecular formula is C11H11Cl2N3. The molecule has 0 fully saturated rings. The second-order valence-corrected chi connectivity index (χ2v) is 4.16. The van der Waals surface area contributed by atoms with Gasteiger partial charge in [-0.3, -0.25) is 0 Å². The summed E-state index contributed by atoms with van der Waals surface area (Å²) in [6, 6.07) is 7.82. The molecule has 16 heavy (non-hydrogen) atoms. The Kier molecular flexibility index (Phi) is 3.46. The molecule has 2 rings (SSSR count). The lowest BCUT2D eigenvalue weighted by molar-refractivity contribution is 0.615. The smallest absolute Gasteiger partial charge is 0.148 e. The summed E-state index contributed by atoms with van der Waals surface area (Å²) in [4.78, 5) is 0. The van der Waals surface area contributed by atoms with Gasteiger partial charge in [-0.05, 0) is 18.6 Å². The number of aromatic nitrogens is 3. The Balaban J connectivity index is 2.39. The molecule has 0 aliphatic heterocycles. The zero-order valence-electron chi connectivity index (χ0n) is 8.77. The molecule has 1 aromatic heterocycles. The second kappa shape index (κ2) is 4.85. The van der Waals surface area contributed by atoms with Crippen molar-refractivity contribution in [3.63, 3.8) is 0 Å². The zero-order chi connectivity index (χ0) is 11.5. The van der Waals surface area contributed by atoms with Crippen molar-refractivity contribution in [2.24, 2.45) is 0 Å². The number of benzene rings is 1. The predicted octanol–water partition coefficient (Wildman–Crippen LogP) is 3.28. The summed E-state index contributed by atoms with van der Waals surface area (Å²) < 4.78 is 1.92. The van der Waals surface area contributed by atoms with Gasteiger partial charge >= 0.3 is 0 Å². The lowest BCUT2D eigenvalue weighted by Crippen LogP contribution is -2.09. The number of hydrogen-bond donors (Lipinski definition) is 0. The maximum Gasteiger partial charge on any atom is 0.148 e. The first-order valence-electron chi connectivity index (χ1n) is 4.92. The van der Waals surface area contributed by atoms with Crippen LogP contribution < -0.4 is 0 Å². The van der Waals surface area contributed by atoms with Crippen molar-refractivity contribution in [1.29, 1.82) is 0 Å². The molecule has 0 bridgehead atoms. The summed E-state index contributed by atoms with van der Waals surface area (Å²) >= 11 is 11.9. The average molecular weight is 256 g/mol. The average Bonchev–Trinajstić information content (AvgIpc) is 2.77. The summed E-state index contributed by atoms with van der Waals surface area (Å²) in [7, 11) is 0. The number of alkyl halides is 1. The Morgan fingerprint density at radius 2 is 2.12 bits per heavy atom. The molecule has 0 amide bonds. The normalized spacial score (nSPS) is 12.7. The Hall–Kier alpha value is -1.06. The largest absolute Gasteiger partial charge is 0.309 e. The monoisotopic (exact) mass is 255 g/mol. The van der Waals surface area contributed by atoms with Crippen molar-refractivity contribution in [1.82, 2.24) is 14.8 Å². The lowest BCUT2D eigenvalue weighted by atomic mass is 10.1. The molecule has 0 N–H and O–H groups in total. The molecule has 0 radical (unpaired) electrons. The van der Waals surface area contributed by atoms with E-state index in [0.717, 1.165) is 16.4 Å². The maximum atomic E-state index is 6.14. The molecule has 0 aliphatic carbocycles. The van der Waals surface area contributed by atoms with E-state index >= 15 is 0 Å². The third-order valence-electron chi connectivity index (χ3n) is 2.54. The van der Waals surface area contributed by atoms with Crippen LogP contribution in [0.1, 0.15) is 24.4 Å². The molecular weight excluding hydrogens is 245 g/mol. The van der Waals surface area contributed by atoms with E-state index in [2.05, 4.69) is 10.2 Å². The van der Waals surface area contributed by atoms with Crippen molar-refractivity contribution >= 4 is 23.2 Å². The third-order valence-corrected chi connectivity index (χ3v) is 3.12. The number of nitrogens with zero attached hydrogens (tertiary/aromatic N) is 3. The quantitative estimate of drug-likeness (QED) is 0.789. The van der Waals surface area contributed by atoms with Crippen LogP contribution in [0, 0.1) is 0 Å².